The van der Waals surface area contributed by atoms with Crippen molar-refractivity contribution in [3.63, 3.8) is 0 Å². The number of nitrogens with zero attached hydrogens (tertiary/aromatic N) is 1. The van der Waals surface area contributed by atoms with Gasteiger partial charge < -0.3 is 0 Å². The molecule has 0 aliphatic heterocycles. The van der Waals surface area contributed by atoms with E-state index >= 15 is 0 Å². The zero-order chi connectivity index (χ0) is 12.8. The highest BCUT2D eigenvalue weighted by Gasteiger charge is 2.05. The monoisotopic (exact) mass is 245 g/mol. The van der Waals surface area contributed by atoms with E-state index in [9.17, 15) is 4.79 Å². The minimum absolute atomic E-state index is 0.175. The van der Waals surface area contributed by atoms with Crippen LogP contribution in [-0.4, -0.2) is 10.8 Å². The molecule has 0 amide bonds. The number of ketones is 1. The summed E-state index contributed by atoms with van der Waals surface area (Å²) in [7, 11) is 0. The van der Waals surface area contributed by atoms with E-state index < -0.39 is 0 Å². The Hall–Kier alpha value is -2.48. The van der Waals surface area contributed by atoms with E-state index in [1.807, 2.05) is 24.5 Å². The van der Waals surface area contributed by atoms with Gasteiger partial charge in [-0.3, -0.25) is 9.78 Å². The molecule has 1 aliphatic rings. The normalized spacial score (nSPS) is 14.0. The Morgan fingerprint density at radius 2 is 1.84 bits per heavy atom. The van der Waals surface area contributed by atoms with E-state index in [0.717, 1.165) is 21.2 Å². The van der Waals surface area contributed by atoms with E-state index in [4.69, 9.17) is 0 Å². The lowest BCUT2D eigenvalue weighted by Crippen LogP contribution is -2.28. The third-order valence-corrected chi connectivity index (χ3v) is 3.68. The van der Waals surface area contributed by atoms with Gasteiger partial charge in [0.1, 0.15) is 0 Å². The first-order valence-electron chi connectivity index (χ1n) is 6.32. The molecule has 2 heteroatoms. The second-order valence-corrected chi connectivity index (χ2v) is 4.88. The molecule has 2 aromatic carbocycles. The number of carbonyl (C=O) groups excluding carboxylic acids is 1. The molecule has 0 bridgehead atoms. The van der Waals surface area contributed by atoms with Gasteiger partial charge in [0, 0.05) is 24.2 Å². The molecule has 0 saturated carbocycles. The highest BCUT2D eigenvalue weighted by molar-refractivity contribution is 6.11. The highest BCUT2D eigenvalue weighted by atomic mass is 16.1. The predicted molar refractivity (Wildman–Crippen MR) is 77.1 cm³/mol. The number of rotatable bonds is 0. The molecule has 90 valence electrons. The number of benzene rings is 2. The van der Waals surface area contributed by atoms with Gasteiger partial charge in [-0.2, -0.15) is 0 Å². The van der Waals surface area contributed by atoms with Gasteiger partial charge in [0.25, 0.3) is 0 Å². The zero-order valence-corrected chi connectivity index (χ0v) is 10.3. The van der Waals surface area contributed by atoms with Gasteiger partial charge in [0.2, 0.25) is 0 Å². The van der Waals surface area contributed by atoms with Gasteiger partial charge in [0.05, 0.1) is 0 Å². The number of fused-ring (bicyclic) bond motifs is 4. The van der Waals surface area contributed by atoms with Gasteiger partial charge in [0.15, 0.2) is 5.78 Å². The number of carbonyl (C=O) groups is 1. The van der Waals surface area contributed by atoms with Gasteiger partial charge in [-0.15, -0.1) is 0 Å². The van der Waals surface area contributed by atoms with Crippen LogP contribution >= 0.6 is 0 Å². The van der Waals surface area contributed by atoms with Gasteiger partial charge in [-0.05, 0) is 50.9 Å². The molecule has 4 rings (SSSR count). The van der Waals surface area contributed by atoms with Crippen molar-refractivity contribution in [2.24, 2.45) is 0 Å². The van der Waals surface area contributed by atoms with Crippen LogP contribution in [0.4, 0.5) is 0 Å². The Kier molecular flexibility index (Phi) is 2.06. The smallest absolute Gasteiger partial charge is 0.160 e. The van der Waals surface area contributed by atoms with Crippen LogP contribution < -0.4 is 10.4 Å². The number of hydrogen-bond donors (Lipinski definition) is 0. The van der Waals surface area contributed by atoms with E-state index in [2.05, 4.69) is 29.2 Å². The summed E-state index contributed by atoms with van der Waals surface area (Å²) in [5.74, 6) is 0.175. The Bertz CT molecular complexity index is 954. The van der Waals surface area contributed by atoms with Gasteiger partial charge >= 0.3 is 0 Å². The first kappa shape index (κ1) is 10.4. The molecule has 0 unspecified atom stereocenters. The van der Waals surface area contributed by atoms with Crippen LogP contribution in [0.15, 0.2) is 42.7 Å². The van der Waals surface area contributed by atoms with Crippen molar-refractivity contribution in [3.05, 3.63) is 53.2 Å². The van der Waals surface area contributed by atoms with Crippen LogP contribution in [0.25, 0.3) is 33.7 Å². The summed E-state index contributed by atoms with van der Waals surface area (Å²) in [6, 6.07) is 10.5. The van der Waals surface area contributed by atoms with Crippen LogP contribution in [0.1, 0.15) is 6.42 Å². The molecular formula is C17H11NO. The number of hydrogen-bond acceptors (Lipinski definition) is 2. The van der Waals surface area contributed by atoms with E-state index in [1.165, 1.54) is 10.8 Å². The fourth-order valence-electron chi connectivity index (χ4n) is 2.72. The molecule has 0 fully saturated rings. The standard InChI is InChI=1S/C17H11NO/c19-15-4-3-12-9-16-13(7-14(12)8-15)2-1-11-5-6-18-10-17(11)16/h1-3,5-10H,4H2. The van der Waals surface area contributed by atoms with Gasteiger partial charge in [-0.25, -0.2) is 0 Å². The molecule has 1 aromatic heterocycles. The fraction of sp³-hybridized carbons (Fsp3) is 0.0588. The van der Waals surface area contributed by atoms with Crippen molar-refractivity contribution in [2.75, 3.05) is 0 Å². The lowest BCUT2D eigenvalue weighted by molar-refractivity contribution is -0.112. The van der Waals surface area contributed by atoms with Crippen LogP contribution in [0.3, 0.4) is 0 Å². The molecule has 0 spiro atoms. The third-order valence-electron chi connectivity index (χ3n) is 3.68. The van der Waals surface area contributed by atoms with Crippen molar-refractivity contribution in [3.8, 4) is 0 Å². The Morgan fingerprint density at radius 3 is 2.79 bits per heavy atom. The molecule has 19 heavy (non-hydrogen) atoms. The second-order valence-electron chi connectivity index (χ2n) is 4.88. The number of pyridine rings is 1. The van der Waals surface area contributed by atoms with Gasteiger partial charge in [-0.1, -0.05) is 18.2 Å². The van der Waals surface area contributed by atoms with Crippen molar-refractivity contribution in [2.45, 2.75) is 6.42 Å². The average Bonchev–Trinajstić information content (AvgIpc) is 2.45. The molecule has 1 heterocycles. The van der Waals surface area contributed by atoms with Crippen LogP contribution in [0.2, 0.25) is 0 Å². The highest BCUT2D eigenvalue weighted by Crippen LogP contribution is 2.22. The number of Topliss-reactive ketones (excluding diaryl/α,β-unsaturated/α-hetero) is 1. The predicted octanol–water partition coefficient (Wildman–Crippen LogP) is 1.92. The molecule has 2 nitrogen and oxygen atoms in total. The van der Waals surface area contributed by atoms with Crippen LogP contribution in [0, 0.1) is 0 Å². The molecular weight excluding hydrogens is 234 g/mol. The Morgan fingerprint density at radius 1 is 0.947 bits per heavy atom. The first-order valence-corrected chi connectivity index (χ1v) is 6.32. The first-order chi connectivity index (χ1) is 9.31. The maximum Gasteiger partial charge on any atom is 0.160 e. The SMILES string of the molecule is O=C1C=c2cc3ccc4ccncc4c3cc2=CC1. The summed E-state index contributed by atoms with van der Waals surface area (Å²) in [4.78, 5) is 15.7. The van der Waals surface area contributed by atoms with Crippen molar-refractivity contribution in [1.29, 1.82) is 0 Å². The third kappa shape index (κ3) is 1.57. The lowest BCUT2D eigenvalue weighted by atomic mass is 9.99. The summed E-state index contributed by atoms with van der Waals surface area (Å²) in [5, 5.41) is 6.86. The molecule has 0 saturated heterocycles. The van der Waals surface area contributed by atoms with E-state index in [1.54, 1.807) is 6.08 Å². The lowest BCUT2D eigenvalue weighted by Gasteiger charge is -2.06. The molecule has 0 N–H and O–H groups in total. The number of aromatic nitrogens is 1. The van der Waals surface area contributed by atoms with Crippen LogP contribution in [0.5, 0.6) is 0 Å². The summed E-state index contributed by atoms with van der Waals surface area (Å²) in [5.41, 5.74) is 0. The van der Waals surface area contributed by atoms with E-state index in [0.29, 0.717) is 6.42 Å². The molecule has 0 atom stereocenters. The minimum atomic E-state index is 0.175. The fourth-order valence-corrected chi connectivity index (χ4v) is 2.72. The largest absolute Gasteiger partial charge is 0.294 e. The molecule has 1 aliphatic carbocycles. The topological polar surface area (TPSA) is 30.0 Å². The summed E-state index contributed by atoms with van der Waals surface area (Å²) < 4.78 is 0. The van der Waals surface area contributed by atoms with Crippen molar-refractivity contribution < 1.29 is 4.79 Å². The molecule has 0 radical (unpaired) electrons. The Labute approximate surface area is 109 Å². The second kappa shape index (κ2) is 3.75. The maximum atomic E-state index is 11.5. The average molecular weight is 245 g/mol. The summed E-state index contributed by atoms with van der Waals surface area (Å²) in [6.45, 7) is 0. The van der Waals surface area contributed by atoms with Crippen molar-refractivity contribution >= 4 is 39.5 Å². The quantitative estimate of drug-likeness (QED) is 0.566. The Balaban J connectivity index is 2.23. The zero-order valence-electron chi connectivity index (χ0n) is 10.3. The minimum Gasteiger partial charge on any atom is -0.294 e. The van der Waals surface area contributed by atoms with Crippen molar-refractivity contribution in [1.82, 2.24) is 4.98 Å². The van der Waals surface area contributed by atoms with E-state index in [-0.39, 0.29) is 5.78 Å². The maximum absolute atomic E-state index is 11.5. The molecule has 3 aromatic rings. The summed E-state index contributed by atoms with van der Waals surface area (Å²) in [6.07, 6.45) is 7.96. The summed E-state index contributed by atoms with van der Waals surface area (Å²) >= 11 is 0. The van der Waals surface area contributed by atoms with Crippen LogP contribution in [-0.2, 0) is 4.79 Å².